The lowest BCUT2D eigenvalue weighted by molar-refractivity contribution is 0.859. The van der Waals surface area contributed by atoms with Crippen molar-refractivity contribution in [3.8, 4) is 44.5 Å². The lowest BCUT2D eigenvalue weighted by atomic mass is 9.84. The highest BCUT2D eigenvalue weighted by Gasteiger charge is 2.29. The van der Waals surface area contributed by atoms with Gasteiger partial charge in [0.05, 0.1) is 0 Å². The second-order valence-electron chi connectivity index (χ2n) is 20.2. The molecule has 3 aliphatic rings. The van der Waals surface area contributed by atoms with E-state index in [4.69, 9.17) is 0 Å². The molecule has 0 amide bonds. The predicted molar refractivity (Wildman–Crippen MR) is 313 cm³/mol. The van der Waals surface area contributed by atoms with E-state index in [1.54, 1.807) is 0 Å². The van der Waals surface area contributed by atoms with E-state index < -0.39 is 0 Å². The molecule has 2 heterocycles. The lowest BCUT2D eigenvalue weighted by Crippen LogP contribution is -2.24. The van der Waals surface area contributed by atoms with Crippen LogP contribution in [0.4, 0.5) is 28.4 Å². The smallest absolute Gasteiger partial charge is 0.0497 e. The maximum atomic E-state index is 2.57. The fourth-order valence-electron chi connectivity index (χ4n) is 12.7. The van der Waals surface area contributed by atoms with E-state index in [-0.39, 0.29) is 0 Å². The number of fused-ring (bicyclic) bond motifs is 7. The number of allylic oxidation sites excluding steroid dienone is 4. The van der Waals surface area contributed by atoms with Gasteiger partial charge in [0.2, 0.25) is 0 Å². The van der Waals surface area contributed by atoms with Gasteiger partial charge in [-0.25, -0.2) is 0 Å². The first-order chi connectivity index (χ1) is 36.7. The minimum absolute atomic E-state index is 0.910. The largest absolute Gasteiger partial charge is 0.314 e. The van der Waals surface area contributed by atoms with Gasteiger partial charge in [-0.1, -0.05) is 212 Å². The van der Waals surface area contributed by atoms with Gasteiger partial charge < -0.3 is 9.80 Å². The van der Waals surface area contributed by atoms with Gasteiger partial charge >= 0.3 is 0 Å². The Hall–Kier alpha value is -9.24. The summed E-state index contributed by atoms with van der Waals surface area (Å²) in [7, 11) is 0. The zero-order valence-electron chi connectivity index (χ0n) is 41.0. The SMILES string of the molecule is C1=CC2=C(CC1)N(c1ccc3c(-c4ccc(-c5cccc6ccccc56)cc4)c4cc(N5c6ccccc6Cc6ccccc65)ccc4c(-c4ccc(-c5cccc6ccccc56)cc4)c3c1)c1ccccc1C2. The topological polar surface area (TPSA) is 6.48 Å². The van der Waals surface area contributed by atoms with Crippen LogP contribution in [0.25, 0.3) is 87.6 Å². The number of para-hydroxylation sites is 3. The summed E-state index contributed by atoms with van der Waals surface area (Å²) in [5, 5.41) is 9.94. The minimum Gasteiger partial charge on any atom is -0.314 e. The first-order valence-corrected chi connectivity index (χ1v) is 26.1. The van der Waals surface area contributed by atoms with Gasteiger partial charge in [0, 0.05) is 47.0 Å². The van der Waals surface area contributed by atoms with Gasteiger partial charge in [0.25, 0.3) is 0 Å². The number of anilines is 5. The van der Waals surface area contributed by atoms with Gasteiger partial charge in [0.15, 0.2) is 0 Å². The monoisotopic (exact) mass is 942 g/mol. The van der Waals surface area contributed by atoms with E-state index in [2.05, 4.69) is 265 Å². The van der Waals surface area contributed by atoms with E-state index in [0.717, 1.165) is 31.4 Å². The highest BCUT2D eigenvalue weighted by molar-refractivity contribution is 6.23. The van der Waals surface area contributed by atoms with E-state index in [0.29, 0.717) is 0 Å². The molecule has 0 N–H and O–H groups in total. The first-order valence-electron chi connectivity index (χ1n) is 26.1. The standard InChI is InChI=1S/C72H50N2/c1-7-23-59-47(15-1)21-13-25-61(59)49-31-35-51(36-32-49)71-63-41-39-58(74-69-29-11-5-19-55(69)44-56-20-6-12-30-70(56)74)46-66(63)72(52-37-33-50(34-38-52)62-26-14-22-48-16-2-8-24-60(48)62)64-42-40-57(45-65(64)71)73-67-27-9-3-17-53(67)43-54-18-4-10-28-68(54)73/h1-11,13-29,31-42,45-46H,12,30,43-44H2. The summed E-state index contributed by atoms with van der Waals surface area (Å²) in [6.07, 6.45) is 8.64. The number of nitrogens with zero attached hydrogens (tertiary/aromatic N) is 2. The molecule has 12 aromatic rings. The quantitative estimate of drug-likeness (QED) is 0.153. The summed E-state index contributed by atoms with van der Waals surface area (Å²) in [4.78, 5) is 5.06. The Morgan fingerprint density at radius 3 is 1.28 bits per heavy atom. The lowest BCUT2D eigenvalue weighted by Gasteiger charge is -2.37. The van der Waals surface area contributed by atoms with E-state index in [1.165, 1.54) is 138 Å². The van der Waals surface area contributed by atoms with Crippen molar-refractivity contribution in [3.63, 3.8) is 0 Å². The van der Waals surface area contributed by atoms with Crippen molar-refractivity contribution in [2.24, 2.45) is 0 Å². The van der Waals surface area contributed by atoms with E-state index in [9.17, 15) is 0 Å². The Morgan fingerprint density at radius 2 is 0.743 bits per heavy atom. The zero-order valence-corrected chi connectivity index (χ0v) is 41.0. The van der Waals surface area contributed by atoms with Crippen molar-refractivity contribution in [1.82, 2.24) is 0 Å². The molecule has 74 heavy (non-hydrogen) atoms. The third-order valence-corrected chi connectivity index (χ3v) is 16.1. The van der Waals surface area contributed by atoms with Crippen molar-refractivity contribution < 1.29 is 0 Å². The molecule has 2 nitrogen and oxygen atoms in total. The summed E-state index contributed by atoms with van der Waals surface area (Å²) in [5.74, 6) is 0. The van der Waals surface area contributed by atoms with Crippen molar-refractivity contribution in [3.05, 3.63) is 283 Å². The molecule has 0 saturated heterocycles. The summed E-state index contributed by atoms with van der Waals surface area (Å²) in [5.41, 5.74) is 22.7. The molecule has 0 bridgehead atoms. The van der Waals surface area contributed by atoms with Gasteiger partial charge in [-0.3, -0.25) is 0 Å². The minimum atomic E-state index is 0.910. The molecule has 0 unspecified atom stereocenters. The molecule has 0 spiro atoms. The second-order valence-corrected chi connectivity index (χ2v) is 20.2. The third-order valence-electron chi connectivity index (χ3n) is 16.1. The maximum Gasteiger partial charge on any atom is 0.0497 e. The van der Waals surface area contributed by atoms with Gasteiger partial charge in [0.1, 0.15) is 0 Å². The Labute approximate surface area is 432 Å². The highest BCUT2D eigenvalue weighted by atomic mass is 15.2. The van der Waals surface area contributed by atoms with Gasteiger partial charge in [-0.15, -0.1) is 0 Å². The average molecular weight is 943 g/mol. The molecule has 348 valence electrons. The molecule has 2 aliphatic heterocycles. The third kappa shape index (κ3) is 6.86. The molecular weight excluding hydrogens is 893 g/mol. The molecular formula is C72H50N2. The van der Waals surface area contributed by atoms with Crippen molar-refractivity contribution >= 4 is 71.5 Å². The van der Waals surface area contributed by atoms with Crippen molar-refractivity contribution in [2.75, 3.05) is 9.80 Å². The summed E-state index contributed by atoms with van der Waals surface area (Å²) >= 11 is 0. The maximum absolute atomic E-state index is 2.57. The molecule has 0 atom stereocenters. The molecule has 2 heteroatoms. The molecule has 0 saturated carbocycles. The normalized spacial score (nSPS) is 13.8. The number of hydrogen-bond acceptors (Lipinski definition) is 2. The molecule has 0 fully saturated rings. The van der Waals surface area contributed by atoms with Crippen LogP contribution in [-0.2, 0) is 12.8 Å². The van der Waals surface area contributed by atoms with Crippen LogP contribution in [0.15, 0.2) is 266 Å². The fraction of sp³-hybridized carbons (Fsp3) is 0.0556. The molecule has 15 rings (SSSR count). The van der Waals surface area contributed by atoms with Crippen LogP contribution in [0, 0.1) is 0 Å². The summed E-state index contributed by atoms with van der Waals surface area (Å²) in [6, 6.07) is 91.0. The molecule has 12 aromatic carbocycles. The number of benzene rings is 12. The van der Waals surface area contributed by atoms with Crippen LogP contribution in [0.1, 0.15) is 29.5 Å². The molecule has 0 radical (unpaired) electrons. The Morgan fingerprint density at radius 1 is 0.311 bits per heavy atom. The van der Waals surface area contributed by atoms with Crippen LogP contribution in [0.3, 0.4) is 0 Å². The fourth-order valence-corrected chi connectivity index (χ4v) is 12.7. The summed E-state index contributed by atoms with van der Waals surface area (Å²) < 4.78 is 0. The highest BCUT2D eigenvalue weighted by Crippen LogP contribution is 2.51. The second kappa shape index (κ2) is 17.2. The van der Waals surface area contributed by atoms with Crippen LogP contribution in [0.5, 0.6) is 0 Å². The Balaban J connectivity index is 1.01. The zero-order chi connectivity index (χ0) is 48.7. The van der Waals surface area contributed by atoms with E-state index >= 15 is 0 Å². The number of rotatable bonds is 6. The average Bonchev–Trinajstić information content (AvgIpc) is 3.47. The van der Waals surface area contributed by atoms with Crippen LogP contribution < -0.4 is 9.80 Å². The van der Waals surface area contributed by atoms with Gasteiger partial charge in [-0.05, 0) is 165 Å². The number of hydrogen-bond donors (Lipinski definition) is 0. The van der Waals surface area contributed by atoms with Gasteiger partial charge in [-0.2, -0.15) is 0 Å². The molecule has 0 aromatic heterocycles. The Kier molecular flexibility index (Phi) is 9.88. The van der Waals surface area contributed by atoms with Crippen LogP contribution >= 0.6 is 0 Å². The van der Waals surface area contributed by atoms with E-state index in [1.807, 2.05) is 0 Å². The predicted octanol–water partition coefficient (Wildman–Crippen LogP) is 19.6. The van der Waals surface area contributed by atoms with Crippen LogP contribution in [0.2, 0.25) is 0 Å². The van der Waals surface area contributed by atoms with Crippen molar-refractivity contribution in [1.29, 1.82) is 0 Å². The van der Waals surface area contributed by atoms with Crippen molar-refractivity contribution in [2.45, 2.75) is 25.7 Å². The van der Waals surface area contributed by atoms with Crippen LogP contribution in [-0.4, -0.2) is 0 Å². The first kappa shape index (κ1) is 42.4. The molecule has 1 aliphatic carbocycles. The Bertz CT molecular complexity index is 4250. The summed E-state index contributed by atoms with van der Waals surface area (Å²) in [6.45, 7) is 0.